The normalized spacial score (nSPS) is 12.6. The monoisotopic (exact) mass is 411 g/mol. The Kier molecular flexibility index (Phi) is 7.22. The molecule has 2 rings (SSSR count). The Balaban J connectivity index is 2.37. The van der Waals surface area contributed by atoms with Crippen molar-refractivity contribution in [3.05, 3.63) is 87.4 Å². The number of methoxy groups -OCH3 is 1. The van der Waals surface area contributed by atoms with Crippen LogP contribution < -0.4 is 26.2 Å². The number of hydrogen-bond acceptors (Lipinski definition) is 4. The molecule has 0 spiro atoms. The van der Waals surface area contributed by atoms with Crippen LogP contribution in [0.5, 0.6) is 5.75 Å². The summed E-state index contributed by atoms with van der Waals surface area (Å²) in [5, 5.41) is 21.6. The molecule has 0 heterocycles. The number of nitrogens with two attached hydrogens (primary N) is 1. The minimum absolute atomic E-state index is 0.184. The molecule has 0 bridgehead atoms. The van der Waals surface area contributed by atoms with E-state index in [0.717, 1.165) is 11.8 Å². The number of hydrogen-bond donors (Lipinski definition) is 4. The van der Waals surface area contributed by atoms with E-state index >= 15 is 0 Å². The van der Waals surface area contributed by atoms with Gasteiger partial charge in [-0.05, 0) is 61.0 Å². The molecular weight excluding hydrogens is 390 g/mol. The zero-order valence-corrected chi connectivity index (χ0v) is 16.9. The first-order valence-corrected chi connectivity index (χ1v) is 8.96. The van der Waals surface area contributed by atoms with Gasteiger partial charge in [-0.25, -0.2) is 0 Å². The van der Waals surface area contributed by atoms with Gasteiger partial charge in [0.25, 0.3) is 5.91 Å². The maximum Gasteiger partial charge on any atom is 0.255 e. The Morgan fingerprint density at radius 1 is 1.28 bits per heavy atom. The minimum atomic E-state index is -0.336. The van der Waals surface area contributed by atoms with Gasteiger partial charge in [0.15, 0.2) is 0 Å². The van der Waals surface area contributed by atoms with E-state index in [1.807, 2.05) is 6.92 Å². The number of aliphatic hydroxyl groups excluding tert-OH is 1. The third-order valence-electron chi connectivity index (χ3n) is 4.14. The Labute approximate surface area is 173 Å². The first kappa shape index (κ1) is 21.8. The first-order valence-electron chi connectivity index (χ1n) is 8.58. The molecule has 0 radical (unpaired) electrons. The lowest BCUT2D eigenvalue weighted by Gasteiger charge is -2.08. The van der Waals surface area contributed by atoms with Crippen molar-refractivity contribution in [1.29, 1.82) is 5.41 Å². The topological polar surface area (TPSA) is 108 Å². The molecule has 150 valence electrons. The summed E-state index contributed by atoms with van der Waals surface area (Å²) >= 11 is 5.83. The average Bonchev–Trinajstić information content (AvgIpc) is 2.68. The van der Waals surface area contributed by atoms with E-state index in [0.29, 0.717) is 38.0 Å². The third-order valence-corrected chi connectivity index (χ3v) is 4.39. The van der Waals surface area contributed by atoms with Gasteiger partial charge in [0.2, 0.25) is 0 Å². The number of carbonyl (C=O) groups excluding carboxylic acids is 1. The molecule has 2 aromatic rings. The Hall–Kier alpha value is -3.51. The smallest absolute Gasteiger partial charge is 0.255 e. The summed E-state index contributed by atoms with van der Waals surface area (Å²) in [7, 11) is 1.49. The number of allylic oxidation sites excluding steroid dienone is 1. The maximum absolute atomic E-state index is 12.3. The van der Waals surface area contributed by atoms with Crippen LogP contribution in [0.1, 0.15) is 15.9 Å². The number of benzene rings is 2. The largest absolute Gasteiger partial charge is 0.515 e. The molecule has 0 aliphatic heterocycles. The molecule has 2 aromatic carbocycles. The van der Waals surface area contributed by atoms with E-state index < -0.39 is 0 Å². The average molecular weight is 412 g/mol. The minimum Gasteiger partial charge on any atom is -0.515 e. The van der Waals surface area contributed by atoms with Gasteiger partial charge in [0.05, 0.1) is 13.4 Å². The number of ether oxygens (including phenoxy) is 1. The van der Waals surface area contributed by atoms with Gasteiger partial charge >= 0.3 is 0 Å². The molecule has 1 amide bonds. The van der Waals surface area contributed by atoms with Crippen molar-refractivity contribution < 1.29 is 14.6 Å². The Bertz CT molecular complexity index is 1100. The second kappa shape index (κ2) is 9.61. The lowest BCUT2D eigenvalue weighted by Crippen LogP contribution is -2.24. The summed E-state index contributed by atoms with van der Waals surface area (Å²) in [5.41, 5.74) is 7.68. The van der Waals surface area contributed by atoms with Gasteiger partial charge < -0.3 is 20.9 Å². The van der Waals surface area contributed by atoms with Crippen molar-refractivity contribution in [2.45, 2.75) is 6.92 Å². The van der Waals surface area contributed by atoms with Crippen LogP contribution in [0, 0.1) is 12.3 Å². The van der Waals surface area contributed by atoms with Crippen LogP contribution in [0.4, 0.5) is 0 Å². The van der Waals surface area contributed by atoms with Crippen molar-refractivity contribution in [2.75, 3.05) is 7.11 Å². The van der Waals surface area contributed by atoms with E-state index in [1.165, 1.54) is 7.11 Å². The molecule has 0 saturated carbocycles. The number of carbonyl (C=O) groups is 1. The number of halogens is 1. The molecule has 0 fully saturated rings. The number of nitrogens with one attached hydrogen (secondary N) is 2. The molecule has 0 atom stereocenters. The lowest BCUT2D eigenvalue weighted by atomic mass is 10.1. The molecule has 0 aliphatic rings. The highest BCUT2D eigenvalue weighted by Gasteiger charge is 2.08. The van der Waals surface area contributed by atoms with E-state index in [1.54, 1.807) is 48.6 Å². The van der Waals surface area contributed by atoms with Gasteiger partial charge in [-0.15, -0.1) is 0 Å². The van der Waals surface area contributed by atoms with Crippen LogP contribution in [-0.2, 0) is 0 Å². The molecule has 0 aromatic heterocycles. The summed E-state index contributed by atoms with van der Waals surface area (Å²) in [4.78, 5) is 12.3. The van der Waals surface area contributed by atoms with E-state index in [-0.39, 0.29) is 11.7 Å². The zero-order chi connectivity index (χ0) is 21.6. The molecular formula is C22H22ClN3O3. The molecule has 5 N–H and O–H groups in total. The second-order valence-electron chi connectivity index (χ2n) is 6.19. The van der Waals surface area contributed by atoms with Crippen molar-refractivity contribution in [3.8, 4) is 5.75 Å². The van der Waals surface area contributed by atoms with Crippen LogP contribution in [0.15, 0.2) is 60.8 Å². The highest BCUT2D eigenvalue weighted by Crippen LogP contribution is 2.10. The van der Waals surface area contributed by atoms with Crippen LogP contribution in [0.2, 0.25) is 5.02 Å². The molecule has 6 nitrogen and oxygen atoms in total. The molecule has 7 heteroatoms. The summed E-state index contributed by atoms with van der Waals surface area (Å²) < 4.78 is 5.37. The quantitative estimate of drug-likeness (QED) is 0.332. The summed E-state index contributed by atoms with van der Waals surface area (Å²) in [6.07, 6.45) is 4.11. The maximum atomic E-state index is 12.3. The number of amidine groups is 1. The van der Waals surface area contributed by atoms with Crippen molar-refractivity contribution in [1.82, 2.24) is 5.32 Å². The Morgan fingerprint density at radius 2 is 1.93 bits per heavy atom. The summed E-state index contributed by atoms with van der Waals surface area (Å²) in [5.74, 6) is -0.0741. The summed E-state index contributed by atoms with van der Waals surface area (Å²) in [6.45, 7) is 5.63. The Morgan fingerprint density at radius 3 is 2.48 bits per heavy atom. The first-order chi connectivity index (χ1) is 13.8. The van der Waals surface area contributed by atoms with E-state index in [9.17, 15) is 9.90 Å². The van der Waals surface area contributed by atoms with Gasteiger partial charge in [0, 0.05) is 32.3 Å². The zero-order valence-electron chi connectivity index (χ0n) is 16.1. The van der Waals surface area contributed by atoms with Crippen molar-refractivity contribution >= 4 is 35.2 Å². The molecule has 0 unspecified atom stereocenters. The fourth-order valence-electron chi connectivity index (χ4n) is 2.59. The van der Waals surface area contributed by atoms with Gasteiger partial charge in [-0.3, -0.25) is 10.2 Å². The molecule has 29 heavy (non-hydrogen) atoms. The highest BCUT2D eigenvalue weighted by atomic mass is 35.5. The van der Waals surface area contributed by atoms with Crippen LogP contribution in [0.3, 0.4) is 0 Å². The third kappa shape index (κ3) is 5.49. The number of aliphatic hydroxyl groups is 1. The predicted octanol–water partition coefficient (Wildman–Crippen LogP) is 2.54. The highest BCUT2D eigenvalue weighted by molar-refractivity contribution is 6.30. The van der Waals surface area contributed by atoms with Crippen LogP contribution >= 0.6 is 11.6 Å². The number of aryl methyl sites for hydroxylation is 1. The van der Waals surface area contributed by atoms with Gasteiger partial charge in [-0.2, -0.15) is 0 Å². The van der Waals surface area contributed by atoms with Gasteiger partial charge in [0.1, 0.15) is 11.6 Å². The van der Waals surface area contributed by atoms with Gasteiger partial charge in [-0.1, -0.05) is 18.2 Å². The van der Waals surface area contributed by atoms with Crippen molar-refractivity contribution in [3.63, 3.8) is 0 Å². The van der Waals surface area contributed by atoms with Crippen LogP contribution in [0.25, 0.3) is 11.8 Å². The SMILES string of the molecule is C=C(/C=C\C(C(=N)N)=c1cc(C)c(=CO)cc1OC)NC(=O)c1ccc(Cl)cc1. The molecule has 0 saturated heterocycles. The fourth-order valence-corrected chi connectivity index (χ4v) is 2.72. The van der Waals surface area contributed by atoms with Crippen molar-refractivity contribution in [2.24, 2.45) is 5.73 Å². The number of rotatable bonds is 6. The fraction of sp³-hybridized carbons (Fsp3) is 0.0909. The van der Waals surface area contributed by atoms with Crippen LogP contribution in [-0.4, -0.2) is 24.0 Å². The van der Waals surface area contributed by atoms with E-state index in [2.05, 4.69) is 11.9 Å². The number of amides is 1. The second-order valence-corrected chi connectivity index (χ2v) is 6.62. The standard InChI is InChI=1S/C22H22ClN3O3/c1-13-10-19(20(29-3)11-16(13)12-27)18(21(24)25)9-4-14(2)26-22(28)15-5-7-17(23)8-6-15/h4-12,27H,2H2,1,3H3,(H3,24,25)(H,26,28)/b9-4-,16-12?,19-18?. The lowest BCUT2D eigenvalue weighted by molar-refractivity contribution is 0.0967. The van der Waals surface area contributed by atoms with E-state index in [4.69, 9.17) is 27.5 Å². The predicted molar refractivity (Wildman–Crippen MR) is 117 cm³/mol. The molecule has 0 aliphatic carbocycles. The summed E-state index contributed by atoms with van der Waals surface area (Å²) in [6, 6.07) is 9.87.